The summed E-state index contributed by atoms with van der Waals surface area (Å²) in [7, 11) is 0. The second-order valence-electron chi connectivity index (χ2n) is 3.57. The Bertz CT molecular complexity index is 263. The second-order valence-corrected chi connectivity index (χ2v) is 5.09. The average molecular weight is 277 g/mol. The van der Waals surface area contributed by atoms with E-state index in [1.807, 2.05) is 0 Å². The molecule has 0 aromatic carbocycles. The molecule has 0 aromatic heterocycles. The maximum Gasteiger partial charge on any atom is 0.334 e. The zero-order valence-corrected chi connectivity index (χ0v) is 10.8. The fourth-order valence-electron chi connectivity index (χ4n) is 1.68. The van der Waals surface area contributed by atoms with Gasteiger partial charge in [0.25, 0.3) is 0 Å². The Balaban J connectivity index is 2.71. The van der Waals surface area contributed by atoms with Crippen molar-refractivity contribution in [3.63, 3.8) is 0 Å². The van der Waals surface area contributed by atoms with E-state index in [4.69, 9.17) is 9.47 Å². The number of allylic oxidation sites excluding steroid dienone is 1. The van der Waals surface area contributed by atoms with Gasteiger partial charge in [-0.2, -0.15) is 0 Å². The minimum Gasteiger partial charge on any atom is -0.496 e. The molecule has 0 amide bonds. The predicted octanol–water partition coefficient (Wildman–Crippen LogP) is 2.79. The minimum atomic E-state index is -0.325. The van der Waals surface area contributed by atoms with Crippen LogP contribution in [0.15, 0.2) is 11.8 Å². The lowest BCUT2D eigenvalue weighted by molar-refractivity contribution is -0.137. The molecule has 0 aliphatic carbocycles. The first kappa shape index (κ1) is 12.6. The minimum absolute atomic E-state index is 0.158. The molecule has 0 N–H and O–H groups in total. The summed E-state index contributed by atoms with van der Waals surface area (Å²) in [6.07, 6.45) is 4.39. The summed E-state index contributed by atoms with van der Waals surface area (Å²) in [5.74, 6) is 0.386. The molecule has 0 bridgehead atoms. The molecule has 1 atom stereocenters. The molecule has 1 fully saturated rings. The van der Waals surface area contributed by atoms with Crippen LogP contribution < -0.4 is 0 Å². The van der Waals surface area contributed by atoms with Gasteiger partial charge in [-0.05, 0) is 13.3 Å². The van der Waals surface area contributed by atoms with Crippen LogP contribution in [0.3, 0.4) is 0 Å². The Hall–Kier alpha value is -0.510. The summed E-state index contributed by atoms with van der Waals surface area (Å²) in [6, 6.07) is 0. The fraction of sp³-hybridized carbons (Fsp3) is 0.727. The molecule has 0 radical (unpaired) electrons. The number of carbonyl (C=O) groups excluding carboxylic acids is 1. The third-order valence-electron chi connectivity index (χ3n) is 2.38. The van der Waals surface area contributed by atoms with Crippen molar-refractivity contribution in [2.24, 2.45) is 0 Å². The maximum absolute atomic E-state index is 11.3. The number of hydrogen-bond acceptors (Lipinski definition) is 3. The van der Waals surface area contributed by atoms with Crippen LogP contribution >= 0.6 is 15.9 Å². The highest BCUT2D eigenvalue weighted by atomic mass is 79.9. The molecule has 86 valence electrons. The third-order valence-corrected chi connectivity index (χ3v) is 3.56. The smallest absolute Gasteiger partial charge is 0.334 e. The van der Waals surface area contributed by atoms with E-state index < -0.39 is 0 Å². The van der Waals surface area contributed by atoms with Gasteiger partial charge in [0, 0.05) is 6.42 Å². The van der Waals surface area contributed by atoms with Gasteiger partial charge in [0.2, 0.25) is 0 Å². The van der Waals surface area contributed by atoms with Crippen molar-refractivity contribution in [3.05, 3.63) is 11.8 Å². The van der Waals surface area contributed by atoms with Gasteiger partial charge in [0.15, 0.2) is 0 Å². The third kappa shape index (κ3) is 3.23. The normalized spacial score (nSPS) is 27.8. The second kappa shape index (κ2) is 5.54. The summed E-state index contributed by atoms with van der Waals surface area (Å²) in [4.78, 5) is 11.3. The highest BCUT2D eigenvalue weighted by molar-refractivity contribution is 9.10. The van der Waals surface area contributed by atoms with Gasteiger partial charge in [-0.25, -0.2) is 4.79 Å². The van der Waals surface area contributed by atoms with Gasteiger partial charge in [-0.3, -0.25) is 0 Å². The lowest BCUT2D eigenvalue weighted by Crippen LogP contribution is -2.19. The lowest BCUT2D eigenvalue weighted by Gasteiger charge is -2.19. The maximum atomic E-state index is 11.3. The van der Waals surface area contributed by atoms with Crippen LogP contribution in [0, 0.1) is 0 Å². The molecular weight excluding hydrogens is 260 g/mol. The van der Waals surface area contributed by atoms with Crippen molar-refractivity contribution in [1.82, 2.24) is 0 Å². The first-order valence-corrected chi connectivity index (χ1v) is 6.12. The van der Waals surface area contributed by atoms with E-state index >= 15 is 0 Å². The Labute approximate surface area is 98.9 Å². The van der Waals surface area contributed by atoms with Gasteiger partial charge in [0.1, 0.15) is 5.76 Å². The highest BCUT2D eigenvalue weighted by Gasteiger charge is 2.37. The zero-order valence-electron chi connectivity index (χ0n) is 9.22. The summed E-state index contributed by atoms with van der Waals surface area (Å²) in [5.41, 5.74) is 0. The number of hydrogen-bond donors (Lipinski definition) is 0. The molecule has 0 saturated carbocycles. The number of ether oxygens (including phenoxy) is 2. The van der Waals surface area contributed by atoms with E-state index in [0.717, 1.165) is 19.3 Å². The molecule has 15 heavy (non-hydrogen) atoms. The van der Waals surface area contributed by atoms with Crippen molar-refractivity contribution >= 4 is 21.9 Å². The van der Waals surface area contributed by atoms with Crippen LogP contribution in [-0.4, -0.2) is 23.5 Å². The highest BCUT2D eigenvalue weighted by Crippen LogP contribution is 2.41. The molecule has 1 saturated heterocycles. The Morgan fingerprint density at radius 3 is 3.00 bits per heavy atom. The largest absolute Gasteiger partial charge is 0.496 e. The van der Waals surface area contributed by atoms with E-state index in [9.17, 15) is 4.79 Å². The molecule has 1 aliphatic heterocycles. The van der Waals surface area contributed by atoms with Crippen LogP contribution in [-0.2, 0) is 14.3 Å². The molecule has 1 heterocycles. The molecule has 4 heteroatoms. The molecule has 3 nitrogen and oxygen atoms in total. The molecule has 1 unspecified atom stereocenters. The Morgan fingerprint density at radius 1 is 1.67 bits per heavy atom. The van der Waals surface area contributed by atoms with Crippen molar-refractivity contribution in [1.29, 1.82) is 0 Å². The summed E-state index contributed by atoms with van der Waals surface area (Å²) in [5, 5.41) is 0. The molecule has 1 rings (SSSR count). The number of carbonyl (C=O) groups is 1. The molecule has 0 spiro atoms. The number of rotatable bonds is 4. The van der Waals surface area contributed by atoms with Gasteiger partial charge < -0.3 is 9.47 Å². The quantitative estimate of drug-likeness (QED) is 0.450. The Kier molecular flexibility index (Phi) is 4.64. The first-order chi connectivity index (χ1) is 7.12. The first-order valence-electron chi connectivity index (χ1n) is 5.33. The summed E-state index contributed by atoms with van der Waals surface area (Å²) < 4.78 is 10.2. The number of halogens is 1. The van der Waals surface area contributed by atoms with Gasteiger partial charge in [-0.1, -0.05) is 29.3 Å². The molecular formula is C11H17BrO3. The lowest BCUT2D eigenvalue weighted by atomic mass is 9.99. The monoisotopic (exact) mass is 276 g/mol. The number of alkyl halides is 1. The SMILES string of the molecule is CCCC1(Br)CCO/C1=C/C(=O)OCC. The van der Waals surface area contributed by atoms with E-state index in [1.165, 1.54) is 6.08 Å². The zero-order chi connectivity index (χ0) is 11.3. The standard InChI is InChI=1S/C11H17BrO3/c1-3-5-11(12)6-7-15-9(11)8-10(13)14-4-2/h8H,3-7H2,1-2H3/b9-8+. The van der Waals surface area contributed by atoms with E-state index in [1.54, 1.807) is 6.92 Å². The Morgan fingerprint density at radius 2 is 2.40 bits per heavy atom. The van der Waals surface area contributed by atoms with Crippen LogP contribution in [0.4, 0.5) is 0 Å². The summed E-state index contributed by atoms with van der Waals surface area (Å²) in [6.45, 7) is 4.96. The topological polar surface area (TPSA) is 35.5 Å². The van der Waals surface area contributed by atoms with Crippen molar-refractivity contribution < 1.29 is 14.3 Å². The fourth-order valence-corrected chi connectivity index (χ4v) is 2.47. The van der Waals surface area contributed by atoms with E-state index in [-0.39, 0.29) is 10.3 Å². The van der Waals surface area contributed by atoms with E-state index in [0.29, 0.717) is 19.0 Å². The predicted molar refractivity (Wildman–Crippen MR) is 61.9 cm³/mol. The van der Waals surface area contributed by atoms with Crippen LogP contribution in [0.1, 0.15) is 33.1 Å². The van der Waals surface area contributed by atoms with Gasteiger partial charge in [-0.15, -0.1) is 0 Å². The van der Waals surface area contributed by atoms with Gasteiger partial charge >= 0.3 is 5.97 Å². The van der Waals surface area contributed by atoms with Crippen molar-refractivity contribution in [3.8, 4) is 0 Å². The number of esters is 1. The average Bonchev–Trinajstić information content (AvgIpc) is 2.49. The van der Waals surface area contributed by atoms with Crippen LogP contribution in [0.25, 0.3) is 0 Å². The van der Waals surface area contributed by atoms with E-state index in [2.05, 4.69) is 22.9 Å². The van der Waals surface area contributed by atoms with Crippen molar-refractivity contribution in [2.45, 2.75) is 37.4 Å². The summed E-state index contributed by atoms with van der Waals surface area (Å²) >= 11 is 3.65. The van der Waals surface area contributed by atoms with Crippen LogP contribution in [0.5, 0.6) is 0 Å². The molecule has 0 aromatic rings. The van der Waals surface area contributed by atoms with Crippen LogP contribution in [0.2, 0.25) is 0 Å². The van der Waals surface area contributed by atoms with Crippen molar-refractivity contribution in [2.75, 3.05) is 13.2 Å². The van der Waals surface area contributed by atoms with Gasteiger partial charge in [0.05, 0.1) is 23.6 Å². The molecule has 1 aliphatic rings.